The number of thiophene rings is 1. The van der Waals surface area contributed by atoms with Crippen LogP contribution in [0.25, 0.3) is 11.6 Å². The highest BCUT2D eigenvalue weighted by Gasteiger charge is 2.16. The molecule has 0 aliphatic heterocycles. The Morgan fingerprint density at radius 3 is 2.50 bits per heavy atom. The summed E-state index contributed by atoms with van der Waals surface area (Å²) in [6.07, 6.45) is 3.35. The molecular formula is C18H13ClO2S. The van der Waals surface area contributed by atoms with Gasteiger partial charge >= 0.3 is 0 Å². The van der Waals surface area contributed by atoms with Gasteiger partial charge in [0.1, 0.15) is 5.76 Å². The number of furan rings is 1. The first-order valence-electron chi connectivity index (χ1n) is 6.76. The number of hydrogen-bond acceptors (Lipinski definition) is 3. The molecule has 2 aromatic heterocycles. The van der Waals surface area contributed by atoms with Crippen molar-refractivity contribution in [2.24, 2.45) is 0 Å². The molecule has 3 aromatic rings. The third-order valence-corrected chi connectivity index (χ3v) is 4.45. The smallest absolute Gasteiger partial charge is 0.203 e. The van der Waals surface area contributed by atoms with Crippen LogP contribution in [0.1, 0.15) is 25.9 Å². The lowest BCUT2D eigenvalue weighted by Crippen LogP contribution is -2.00. The predicted octanol–water partition coefficient (Wildman–Crippen LogP) is 5.73. The highest BCUT2D eigenvalue weighted by molar-refractivity contribution is 7.14. The summed E-state index contributed by atoms with van der Waals surface area (Å²) < 4.78 is 5.35. The summed E-state index contributed by atoms with van der Waals surface area (Å²) in [4.78, 5) is 14.7. The van der Waals surface area contributed by atoms with Crippen molar-refractivity contribution in [2.75, 3.05) is 0 Å². The molecular weight excluding hydrogens is 316 g/mol. The fourth-order valence-corrected chi connectivity index (χ4v) is 3.06. The van der Waals surface area contributed by atoms with Gasteiger partial charge in [0.05, 0.1) is 11.1 Å². The topological polar surface area (TPSA) is 30.2 Å². The Bertz CT molecular complexity index is 811. The number of ketones is 1. The highest BCUT2D eigenvalue weighted by Crippen LogP contribution is 2.27. The first-order valence-corrected chi connectivity index (χ1v) is 7.95. The van der Waals surface area contributed by atoms with E-state index in [1.807, 2.05) is 37.3 Å². The van der Waals surface area contributed by atoms with Crippen molar-refractivity contribution in [3.05, 3.63) is 80.9 Å². The average molecular weight is 329 g/mol. The molecule has 1 aromatic carbocycles. The number of halogens is 1. The fourth-order valence-electron chi connectivity index (χ4n) is 2.11. The Balaban J connectivity index is 2.07. The van der Waals surface area contributed by atoms with E-state index in [4.69, 9.17) is 16.0 Å². The number of benzene rings is 1. The molecule has 0 saturated carbocycles. The lowest BCUT2D eigenvalue weighted by Gasteiger charge is -2.06. The number of carbonyl (C=O) groups is 1. The third-order valence-electron chi connectivity index (χ3n) is 3.19. The van der Waals surface area contributed by atoms with Crippen LogP contribution in [-0.2, 0) is 0 Å². The zero-order valence-electron chi connectivity index (χ0n) is 11.9. The predicted molar refractivity (Wildman–Crippen MR) is 91.4 cm³/mol. The summed E-state index contributed by atoms with van der Waals surface area (Å²) >= 11 is 7.43. The largest absolute Gasteiger partial charge is 0.465 e. The summed E-state index contributed by atoms with van der Waals surface area (Å²) in [5.74, 6) is 0.628. The molecule has 0 amide bonds. The summed E-state index contributed by atoms with van der Waals surface area (Å²) in [7, 11) is 0. The maximum absolute atomic E-state index is 12.8. The molecule has 0 aliphatic rings. The number of aryl methyl sites for hydroxylation is 1. The minimum Gasteiger partial charge on any atom is -0.465 e. The summed E-state index contributed by atoms with van der Waals surface area (Å²) in [6.45, 7) is 1.99. The Labute approximate surface area is 137 Å². The van der Waals surface area contributed by atoms with Gasteiger partial charge in [-0.1, -0.05) is 23.7 Å². The molecule has 0 aliphatic carbocycles. The van der Waals surface area contributed by atoms with Crippen molar-refractivity contribution in [1.29, 1.82) is 0 Å². The average Bonchev–Trinajstić information content (AvgIpc) is 3.17. The molecule has 0 bridgehead atoms. The molecule has 110 valence electrons. The van der Waals surface area contributed by atoms with Gasteiger partial charge in [0.15, 0.2) is 0 Å². The van der Waals surface area contributed by atoms with E-state index in [9.17, 15) is 4.79 Å². The van der Waals surface area contributed by atoms with Gasteiger partial charge in [-0.2, -0.15) is 0 Å². The normalized spacial score (nSPS) is 11.6. The van der Waals surface area contributed by atoms with Crippen molar-refractivity contribution >= 4 is 40.4 Å². The number of carbonyl (C=O) groups excluding carboxylic acids is 1. The van der Waals surface area contributed by atoms with Crippen LogP contribution in [0.2, 0.25) is 5.02 Å². The van der Waals surface area contributed by atoms with Crippen LogP contribution in [0, 0.1) is 6.92 Å². The van der Waals surface area contributed by atoms with Gasteiger partial charge in [0, 0.05) is 15.5 Å². The molecule has 3 rings (SSSR count). The standard InChI is InChI=1S/C18H13ClO2S/c1-12-4-9-17(22-12)18(20)16(11-15-3-2-10-21-15)13-5-7-14(19)8-6-13/h2-11H,1H3/b16-11-. The van der Waals surface area contributed by atoms with E-state index in [0.29, 0.717) is 21.2 Å². The number of allylic oxidation sites excluding steroid dienone is 1. The van der Waals surface area contributed by atoms with Crippen LogP contribution in [-0.4, -0.2) is 5.78 Å². The van der Waals surface area contributed by atoms with E-state index in [2.05, 4.69) is 0 Å². The lowest BCUT2D eigenvalue weighted by atomic mass is 10.00. The van der Waals surface area contributed by atoms with Gasteiger partial charge in [-0.15, -0.1) is 11.3 Å². The molecule has 22 heavy (non-hydrogen) atoms. The molecule has 0 fully saturated rings. The van der Waals surface area contributed by atoms with Crippen LogP contribution in [0.5, 0.6) is 0 Å². The number of rotatable bonds is 4. The van der Waals surface area contributed by atoms with Gasteiger partial charge in [-0.25, -0.2) is 0 Å². The van der Waals surface area contributed by atoms with E-state index >= 15 is 0 Å². The number of Topliss-reactive ketones (excluding diaryl/α,β-unsaturated/α-hetero) is 1. The Kier molecular flexibility index (Phi) is 4.27. The first-order chi connectivity index (χ1) is 10.6. The Morgan fingerprint density at radius 2 is 1.91 bits per heavy atom. The quantitative estimate of drug-likeness (QED) is 0.452. The van der Waals surface area contributed by atoms with E-state index in [0.717, 1.165) is 10.4 Å². The third kappa shape index (κ3) is 3.21. The maximum Gasteiger partial charge on any atom is 0.203 e. The van der Waals surface area contributed by atoms with Gasteiger partial charge in [0.25, 0.3) is 0 Å². The second-order valence-electron chi connectivity index (χ2n) is 4.82. The second kappa shape index (κ2) is 6.34. The second-order valence-corrected chi connectivity index (χ2v) is 6.54. The maximum atomic E-state index is 12.8. The van der Waals surface area contributed by atoms with E-state index in [1.165, 1.54) is 11.3 Å². The van der Waals surface area contributed by atoms with Crippen molar-refractivity contribution in [3.63, 3.8) is 0 Å². The zero-order chi connectivity index (χ0) is 15.5. The molecule has 0 saturated heterocycles. The molecule has 2 heterocycles. The van der Waals surface area contributed by atoms with Crippen LogP contribution < -0.4 is 0 Å². The Morgan fingerprint density at radius 1 is 1.14 bits per heavy atom. The van der Waals surface area contributed by atoms with Crippen molar-refractivity contribution < 1.29 is 9.21 Å². The van der Waals surface area contributed by atoms with Gasteiger partial charge in [0.2, 0.25) is 5.78 Å². The van der Waals surface area contributed by atoms with Gasteiger partial charge in [-0.3, -0.25) is 4.79 Å². The monoisotopic (exact) mass is 328 g/mol. The zero-order valence-corrected chi connectivity index (χ0v) is 13.4. The number of hydrogen-bond donors (Lipinski definition) is 0. The highest BCUT2D eigenvalue weighted by atomic mass is 35.5. The Hall–Kier alpha value is -2.10. The molecule has 0 spiro atoms. The summed E-state index contributed by atoms with van der Waals surface area (Å²) in [5, 5.41) is 0.639. The van der Waals surface area contributed by atoms with Crippen molar-refractivity contribution in [3.8, 4) is 0 Å². The molecule has 4 heteroatoms. The minimum absolute atomic E-state index is 0.0168. The van der Waals surface area contributed by atoms with E-state index in [1.54, 1.807) is 30.5 Å². The molecule has 0 atom stereocenters. The van der Waals surface area contributed by atoms with Crippen LogP contribution in [0.15, 0.2) is 59.2 Å². The first kappa shape index (κ1) is 14.8. The van der Waals surface area contributed by atoms with E-state index in [-0.39, 0.29) is 5.78 Å². The molecule has 2 nitrogen and oxygen atoms in total. The lowest BCUT2D eigenvalue weighted by molar-refractivity contribution is 0.106. The van der Waals surface area contributed by atoms with Gasteiger partial charge < -0.3 is 4.42 Å². The fraction of sp³-hybridized carbons (Fsp3) is 0.0556. The van der Waals surface area contributed by atoms with Crippen LogP contribution in [0.3, 0.4) is 0 Å². The summed E-state index contributed by atoms with van der Waals surface area (Å²) in [6, 6.07) is 14.7. The summed E-state index contributed by atoms with van der Waals surface area (Å²) in [5.41, 5.74) is 1.41. The molecule has 0 unspecified atom stereocenters. The minimum atomic E-state index is -0.0168. The van der Waals surface area contributed by atoms with Gasteiger partial charge in [-0.05, 0) is 55.0 Å². The van der Waals surface area contributed by atoms with E-state index < -0.39 is 0 Å². The molecule has 0 N–H and O–H groups in total. The van der Waals surface area contributed by atoms with Crippen molar-refractivity contribution in [1.82, 2.24) is 0 Å². The molecule has 0 radical (unpaired) electrons. The van der Waals surface area contributed by atoms with Crippen LogP contribution >= 0.6 is 22.9 Å². The van der Waals surface area contributed by atoms with Crippen molar-refractivity contribution in [2.45, 2.75) is 6.92 Å². The SMILES string of the molecule is Cc1ccc(C(=O)/C(=C\c2ccco2)c2ccc(Cl)cc2)s1. The van der Waals surface area contributed by atoms with Crippen LogP contribution in [0.4, 0.5) is 0 Å².